The zero-order valence-corrected chi connectivity index (χ0v) is 22.0. The molecule has 0 spiro atoms. The molecule has 4 aromatic rings. The third-order valence-electron chi connectivity index (χ3n) is 6.47. The van der Waals surface area contributed by atoms with Crippen LogP contribution in [-0.4, -0.2) is 34.8 Å². The molecule has 1 amide bonds. The summed E-state index contributed by atoms with van der Waals surface area (Å²) in [6, 6.07) is 14.2. The van der Waals surface area contributed by atoms with Crippen LogP contribution in [0.1, 0.15) is 61.4 Å². The van der Waals surface area contributed by atoms with Crippen LogP contribution in [0.2, 0.25) is 0 Å². The molecule has 4 rings (SSSR count). The predicted octanol–water partition coefficient (Wildman–Crippen LogP) is 4.80. The van der Waals surface area contributed by atoms with E-state index in [1.54, 1.807) is 35.9 Å². The third-order valence-corrected chi connectivity index (χ3v) is 8.18. The van der Waals surface area contributed by atoms with Crippen molar-refractivity contribution in [1.29, 1.82) is 0 Å². The monoisotopic (exact) mass is 520 g/mol. The smallest absolute Gasteiger partial charge is 0.276 e. The number of hydrogen-bond acceptors (Lipinski definition) is 5. The number of nitrogens with one attached hydrogen (secondary N) is 1. The largest absolute Gasteiger partial charge is 0.350 e. The average Bonchev–Trinajstić information content (AvgIpc) is 3.28. The van der Waals surface area contributed by atoms with Crippen molar-refractivity contribution in [2.45, 2.75) is 45.4 Å². The van der Waals surface area contributed by atoms with Gasteiger partial charge in [0.2, 0.25) is 15.5 Å². The molecule has 0 aliphatic rings. The van der Waals surface area contributed by atoms with Crippen molar-refractivity contribution in [2.24, 2.45) is 12.1 Å². The van der Waals surface area contributed by atoms with Crippen LogP contribution >= 0.6 is 0 Å². The number of amides is 1. The van der Waals surface area contributed by atoms with Gasteiger partial charge in [0.1, 0.15) is 5.56 Å². The molecular weight excluding hydrogens is 488 g/mol. The third kappa shape index (κ3) is 5.83. The van der Waals surface area contributed by atoms with Gasteiger partial charge in [-0.1, -0.05) is 69.4 Å². The fourth-order valence-corrected chi connectivity index (χ4v) is 5.99. The zero-order chi connectivity index (χ0) is 26.4. The molecule has 0 unspecified atom stereocenters. The molecule has 0 fully saturated rings. The van der Waals surface area contributed by atoms with Gasteiger partial charge in [0.25, 0.3) is 5.91 Å². The van der Waals surface area contributed by atoms with E-state index in [1.807, 2.05) is 24.3 Å². The van der Waals surface area contributed by atoms with E-state index < -0.39 is 15.9 Å². The lowest BCUT2D eigenvalue weighted by atomic mass is 10.1. The number of pyridine rings is 1. The minimum Gasteiger partial charge on any atom is -0.350 e. The molecule has 0 radical (unpaired) electrons. The maximum Gasteiger partial charge on any atom is 0.276 e. The quantitative estimate of drug-likeness (QED) is 0.174. The topological polar surface area (TPSA) is 103 Å². The van der Waals surface area contributed by atoms with E-state index in [-0.39, 0.29) is 16.7 Å². The highest BCUT2D eigenvalue weighted by molar-refractivity contribution is 7.90. The van der Waals surface area contributed by atoms with Crippen LogP contribution in [-0.2, 0) is 17.1 Å². The van der Waals surface area contributed by atoms with E-state index in [4.69, 9.17) is 0 Å². The summed E-state index contributed by atoms with van der Waals surface area (Å²) in [6.07, 6.45) is 10.4. The first kappa shape index (κ1) is 26.3. The Bertz CT molecular complexity index is 1620. The Balaban J connectivity index is 1.53. The summed E-state index contributed by atoms with van der Waals surface area (Å²) in [5.74, 6) is -0.571. The second-order valence-corrected chi connectivity index (χ2v) is 11.1. The summed E-state index contributed by atoms with van der Waals surface area (Å²) < 4.78 is 29.2. The van der Waals surface area contributed by atoms with Gasteiger partial charge in [0.05, 0.1) is 23.0 Å². The summed E-state index contributed by atoms with van der Waals surface area (Å²) in [5.41, 5.74) is 3.84. The van der Waals surface area contributed by atoms with Crippen molar-refractivity contribution in [3.63, 3.8) is 0 Å². The number of fused-ring (bicyclic) bond motifs is 2. The Labute approximate surface area is 216 Å². The summed E-state index contributed by atoms with van der Waals surface area (Å²) >= 11 is 0. The Morgan fingerprint density at radius 2 is 1.57 bits per heavy atom. The number of hydrazone groups is 1. The number of rotatable bonds is 11. The molecule has 0 bridgehead atoms. The first-order chi connectivity index (χ1) is 17.8. The maximum absolute atomic E-state index is 13.1. The molecule has 0 aliphatic carbocycles. The molecule has 0 atom stereocenters. The van der Waals surface area contributed by atoms with Crippen LogP contribution < -0.4 is 10.9 Å². The number of nitrogens with zero attached hydrogens (tertiary/aromatic N) is 3. The van der Waals surface area contributed by atoms with Crippen molar-refractivity contribution >= 4 is 44.0 Å². The Morgan fingerprint density at radius 3 is 2.32 bits per heavy atom. The first-order valence-electron chi connectivity index (χ1n) is 12.6. The molecule has 2 aromatic carbocycles. The molecule has 2 aromatic heterocycles. The molecule has 0 saturated heterocycles. The van der Waals surface area contributed by atoms with Crippen molar-refractivity contribution in [3.05, 3.63) is 82.3 Å². The van der Waals surface area contributed by atoms with E-state index in [1.165, 1.54) is 29.0 Å². The van der Waals surface area contributed by atoms with Gasteiger partial charge < -0.3 is 4.57 Å². The lowest BCUT2D eigenvalue weighted by Crippen LogP contribution is -2.26. The zero-order valence-electron chi connectivity index (χ0n) is 21.2. The number of hydrogen-bond donors (Lipinski definition) is 1. The average molecular weight is 521 g/mol. The van der Waals surface area contributed by atoms with Crippen molar-refractivity contribution < 1.29 is 13.2 Å². The number of para-hydroxylation sites is 2. The highest BCUT2D eigenvalue weighted by Gasteiger charge is 2.18. The second-order valence-electron chi connectivity index (χ2n) is 9.18. The molecule has 2 heterocycles. The number of aryl methyl sites for hydroxylation is 1. The van der Waals surface area contributed by atoms with E-state index in [0.717, 1.165) is 31.2 Å². The summed E-state index contributed by atoms with van der Waals surface area (Å²) in [7, 11) is -1.78. The fourth-order valence-electron chi connectivity index (χ4n) is 4.49. The van der Waals surface area contributed by atoms with Gasteiger partial charge in [0.15, 0.2) is 0 Å². The standard InChI is InChI=1S/C28H32N4O4S/c1-3-4-5-6-7-12-17-37(35,36)32-19-21(22-13-8-11-16-26(22)32)18-29-30-28(34)24-20-31(2)25-15-10-9-14-23(25)27(24)33/h8-11,13-16,18-20H,3-7,12,17H2,1-2H3,(H,30,34). The van der Waals surface area contributed by atoms with Gasteiger partial charge in [-0.05, 0) is 24.6 Å². The van der Waals surface area contributed by atoms with Gasteiger partial charge in [0, 0.05) is 35.8 Å². The van der Waals surface area contributed by atoms with Crippen LogP contribution in [0.3, 0.4) is 0 Å². The summed E-state index contributed by atoms with van der Waals surface area (Å²) in [5, 5.41) is 5.18. The van der Waals surface area contributed by atoms with Gasteiger partial charge in [-0.3, -0.25) is 9.59 Å². The number of benzene rings is 2. The minimum atomic E-state index is -3.55. The van der Waals surface area contributed by atoms with E-state index in [2.05, 4.69) is 17.5 Å². The predicted molar refractivity (Wildman–Crippen MR) is 149 cm³/mol. The van der Waals surface area contributed by atoms with Crippen LogP contribution in [0.25, 0.3) is 21.8 Å². The highest BCUT2D eigenvalue weighted by atomic mass is 32.2. The number of carbonyl (C=O) groups excluding carboxylic acids is 1. The lowest BCUT2D eigenvalue weighted by molar-refractivity contribution is 0.0953. The summed E-state index contributed by atoms with van der Waals surface area (Å²) in [6.45, 7) is 2.15. The molecule has 8 nitrogen and oxygen atoms in total. The highest BCUT2D eigenvalue weighted by Crippen LogP contribution is 2.23. The molecule has 0 aliphatic heterocycles. The van der Waals surface area contributed by atoms with Crippen molar-refractivity contribution in [3.8, 4) is 0 Å². The Hall–Kier alpha value is -3.72. The second kappa shape index (κ2) is 11.6. The van der Waals surface area contributed by atoms with E-state index in [0.29, 0.717) is 28.3 Å². The lowest BCUT2D eigenvalue weighted by Gasteiger charge is -2.07. The van der Waals surface area contributed by atoms with E-state index in [9.17, 15) is 18.0 Å². The van der Waals surface area contributed by atoms with Crippen molar-refractivity contribution in [1.82, 2.24) is 14.0 Å². The molecule has 37 heavy (non-hydrogen) atoms. The first-order valence-corrected chi connectivity index (χ1v) is 14.2. The SMILES string of the molecule is CCCCCCCCS(=O)(=O)n1cc(C=NNC(=O)c2cn(C)c3ccccc3c2=O)c2ccccc21. The molecule has 194 valence electrons. The minimum absolute atomic E-state index is 0.0257. The van der Waals surface area contributed by atoms with Gasteiger partial charge in [-0.25, -0.2) is 17.8 Å². The van der Waals surface area contributed by atoms with Gasteiger partial charge >= 0.3 is 0 Å². The Morgan fingerprint density at radius 1 is 0.919 bits per heavy atom. The van der Waals surface area contributed by atoms with Crippen LogP contribution in [0, 0.1) is 0 Å². The van der Waals surface area contributed by atoms with Gasteiger partial charge in [-0.2, -0.15) is 5.10 Å². The molecule has 9 heteroatoms. The molecule has 1 N–H and O–H groups in total. The molecular formula is C28H32N4O4S. The van der Waals surface area contributed by atoms with Crippen molar-refractivity contribution in [2.75, 3.05) is 5.75 Å². The van der Waals surface area contributed by atoms with Gasteiger partial charge in [-0.15, -0.1) is 0 Å². The van der Waals surface area contributed by atoms with E-state index >= 15 is 0 Å². The van der Waals surface area contributed by atoms with Crippen LogP contribution in [0.15, 0.2) is 70.8 Å². The fraction of sp³-hybridized carbons (Fsp3) is 0.321. The number of carbonyl (C=O) groups is 1. The normalized spacial score (nSPS) is 12.1. The maximum atomic E-state index is 13.1. The van der Waals surface area contributed by atoms with Crippen LogP contribution in [0.5, 0.6) is 0 Å². The number of unbranched alkanes of at least 4 members (excludes halogenated alkanes) is 5. The number of aromatic nitrogens is 2. The Kier molecular flexibility index (Phi) is 8.23. The molecule has 0 saturated carbocycles. The summed E-state index contributed by atoms with van der Waals surface area (Å²) in [4.78, 5) is 25.6. The van der Waals surface area contributed by atoms with Crippen LogP contribution in [0.4, 0.5) is 0 Å².